The molecule has 3 atom stereocenters. The molecular formula is C10H18N2O3. The minimum atomic E-state index is -0.940. The fourth-order valence-electron chi connectivity index (χ4n) is 2.51. The number of carboxylic acid groups (broad SMARTS) is 1. The molecule has 0 bridgehead atoms. The zero-order chi connectivity index (χ0) is 10.7. The van der Waals surface area contributed by atoms with E-state index in [2.05, 4.69) is 10.6 Å². The van der Waals surface area contributed by atoms with Gasteiger partial charge in [-0.25, -0.2) is 4.79 Å². The lowest BCUT2D eigenvalue weighted by Crippen LogP contribution is -2.45. The normalized spacial score (nSPS) is 36.4. The van der Waals surface area contributed by atoms with Gasteiger partial charge in [-0.2, -0.15) is 0 Å². The molecule has 2 heterocycles. The van der Waals surface area contributed by atoms with Crippen LogP contribution in [-0.2, 0) is 4.74 Å². The number of carbonyl (C=O) groups is 1. The predicted octanol–water partition coefficient (Wildman–Crippen LogP) is 0.411. The van der Waals surface area contributed by atoms with Crippen molar-refractivity contribution in [3.8, 4) is 0 Å². The van der Waals surface area contributed by atoms with Crippen LogP contribution >= 0.6 is 0 Å². The van der Waals surface area contributed by atoms with Crippen molar-refractivity contribution in [2.75, 3.05) is 19.7 Å². The molecule has 15 heavy (non-hydrogen) atoms. The summed E-state index contributed by atoms with van der Waals surface area (Å²) in [6, 6.07) is 0.00519. The van der Waals surface area contributed by atoms with Crippen molar-refractivity contribution >= 4 is 6.09 Å². The third-order valence-corrected chi connectivity index (χ3v) is 3.26. The van der Waals surface area contributed by atoms with Crippen LogP contribution < -0.4 is 10.6 Å². The molecule has 1 unspecified atom stereocenters. The van der Waals surface area contributed by atoms with E-state index in [1.54, 1.807) is 0 Å². The second-order valence-electron chi connectivity index (χ2n) is 4.28. The molecule has 86 valence electrons. The van der Waals surface area contributed by atoms with Crippen LogP contribution in [0.2, 0.25) is 0 Å². The van der Waals surface area contributed by atoms with Crippen LogP contribution in [0.15, 0.2) is 0 Å². The molecule has 0 aromatic heterocycles. The van der Waals surface area contributed by atoms with Crippen molar-refractivity contribution in [1.29, 1.82) is 0 Å². The largest absolute Gasteiger partial charge is 0.465 e. The lowest BCUT2D eigenvalue weighted by Gasteiger charge is -2.30. The highest BCUT2D eigenvalue weighted by atomic mass is 16.5. The molecule has 5 heteroatoms. The van der Waals surface area contributed by atoms with E-state index in [4.69, 9.17) is 9.84 Å². The van der Waals surface area contributed by atoms with E-state index >= 15 is 0 Å². The number of ether oxygens (including phenoxy) is 1. The van der Waals surface area contributed by atoms with Gasteiger partial charge in [0.25, 0.3) is 0 Å². The highest BCUT2D eigenvalue weighted by Crippen LogP contribution is 2.24. The Hall–Kier alpha value is -0.810. The van der Waals surface area contributed by atoms with E-state index < -0.39 is 6.09 Å². The summed E-state index contributed by atoms with van der Waals surface area (Å²) in [5.41, 5.74) is 0. The van der Waals surface area contributed by atoms with Gasteiger partial charge in [-0.1, -0.05) is 0 Å². The Bertz CT molecular complexity index is 229. The van der Waals surface area contributed by atoms with E-state index in [0.29, 0.717) is 5.92 Å². The molecule has 2 rings (SSSR count). The van der Waals surface area contributed by atoms with E-state index in [-0.39, 0.29) is 12.1 Å². The Labute approximate surface area is 89.2 Å². The molecular weight excluding hydrogens is 196 g/mol. The highest BCUT2D eigenvalue weighted by Gasteiger charge is 2.35. The van der Waals surface area contributed by atoms with E-state index in [1.165, 1.54) is 6.42 Å². The van der Waals surface area contributed by atoms with Gasteiger partial charge in [-0.05, 0) is 19.3 Å². The van der Waals surface area contributed by atoms with Gasteiger partial charge in [-0.3, -0.25) is 0 Å². The molecule has 0 aromatic rings. The third kappa shape index (κ3) is 2.60. The Balaban J connectivity index is 1.91. The maximum Gasteiger partial charge on any atom is 0.404 e. The number of hydrogen-bond acceptors (Lipinski definition) is 3. The lowest BCUT2D eigenvalue weighted by molar-refractivity contribution is -0.0214. The van der Waals surface area contributed by atoms with Crippen molar-refractivity contribution in [3.05, 3.63) is 0 Å². The molecule has 0 aliphatic carbocycles. The van der Waals surface area contributed by atoms with Gasteiger partial charge in [-0.15, -0.1) is 0 Å². The molecule has 1 amide bonds. The van der Waals surface area contributed by atoms with Crippen LogP contribution in [0.3, 0.4) is 0 Å². The minimum Gasteiger partial charge on any atom is -0.465 e. The summed E-state index contributed by atoms with van der Waals surface area (Å²) in [5.74, 6) is 0.293. The first-order valence-corrected chi connectivity index (χ1v) is 5.59. The standard InChI is InChI=1S/C10H18N2O3/c13-10(14)12-8-6-11-5-7(8)9-3-1-2-4-15-9/h7-9,11-12H,1-6H2,(H,13,14)/t7-,8-,9?/m0/s1. The van der Waals surface area contributed by atoms with Crippen molar-refractivity contribution in [2.45, 2.75) is 31.4 Å². The molecule has 0 saturated carbocycles. The molecule has 2 fully saturated rings. The molecule has 2 aliphatic rings. The Morgan fingerprint density at radius 1 is 1.40 bits per heavy atom. The summed E-state index contributed by atoms with van der Waals surface area (Å²) in [6.07, 6.45) is 2.67. The summed E-state index contributed by atoms with van der Waals surface area (Å²) in [4.78, 5) is 10.6. The first kappa shape index (κ1) is 10.7. The molecule has 2 aliphatic heterocycles. The van der Waals surface area contributed by atoms with Crippen molar-refractivity contribution in [3.63, 3.8) is 0 Å². The third-order valence-electron chi connectivity index (χ3n) is 3.26. The van der Waals surface area contributed by atoms with E-state index in [9.17, 15) is 4.79 Å². The van der Waals surface area contributed by atoms with Gasteiger partial charge in [0, 0.05) is 25.6 Å². The molecule has 0 spiro atoms. The number of hydrogen-bond donors (Lipinski definition) is 3. The zero-order valence-electron chi connectivity index (χ0n) is 8.74. The van der Waals surface area contributed by atoms with Gasteiger partial charge >= 0.3 is 6.09 Å². The van der Waals surface area contributed by atoms with Gasteiger partial charge in [0.05, 0.1) is 12.1 Å². The quantitative estimate of drug-likeness (QED) is 0.622. The number of rotatable bonds is 2. The Morgan fingerprint density at radius 2 is 2.27 bits per heavy atom. The smallest absolute Gasteiger partial charge is 0.404 e. The minimum absolute atomic E-state index is 0.00519. The van der Waals surface area contributed by atoms with Crippen LogP contribution in [0.5, 0.6) is 0 Å². The lowest BCUT2D eigenvalue weighted by atomic mass is 9.92. The number of amides is 1. The van der Waals surface area contributed by atoms with Gasteiger partial charge in [0.1, 0.15) is 0 Å². The maximum atomic E-state index is 10.6. The zero-order valence-corrected chi connectivity index (χ0v) is 8.74. The Kier molecular flexibility index (Phi) is 3.43. The average Bonchev–Trinajstić information content (AvgIpc) is 2.66. The molecule has 5 nitrogen and oxygen atoms in total. The van der Waals surface area contributed by atoms with Crippen molar-refractivity contribution in [2.24, 2.45) is 5.92 Å². The second kappa shape index (κ2) is 4.81. The van der Waals surface area contributed by atoms with E-state index in [0.717, 1.165) is 32.5 Å². The van der Waals surface area contributed by atoms with Crippen molar-refractivity contribution < 1.29 is 14.6 Å². The summed E-state index contributed by atoms with van der Waals surface area (Å²) >= 11 is 0. The Morgan fingerprint density at radius 3 is 2.93 bits per heavy atom. The first-order chi connectivity index (χ1) is 7.27. The van der Waals surface area contributed by atoms with Crippen LogP contribution in [-0.4, -0.2) is 43.0 Å². The summed E-state index contributed by atoms with van der Waals surface area (Å²) in [5, 5.41) is 14.5. The molecule has 2 saturated heterocycles. The number of nitrogens with one attached hydrogen (secondary N) is 2. The molecule has 0 aromatic carbocycles. The second-order valence-corrected chi connectivity index (χ2v) is 4.28. The van der Waals surface area contributed by atoms with Gasteiger partial charge < -0.3 is 20.5 Å². The van der Waals surface area contributed by atoms with Crippen molar-refractivity contribution in [1.82, 2.24) is 10.6 Å². The predicted molar refractivity (Wildman–Crippen MR) is 54.9 cm³/mol. The maximum absolute atomic E-state index is 10.6. The van der Waals surface area contributed by atoms with Crippen LogP contribution in [0.25, 0.3) is 0 Å². The van der Waals surface area contributed by atoms with Crippen LogP contribution in [0.1, 0.15) is 19.3 Å². The fourth-order valence-corrected chi connectivity index (χ4v) is 2.51. The topological polar surface area (TPSA) is 70.6 Å². The van der Waals surface area contributed by atoms with Crippen LogP contribution in [0.4, 0.5) is 4.79 Å². The summed E-state index contributed by atoms with van der Waals surface area (Å²) in [7, 11) is 0. The summed E-state index contributed by atoms with van der Waals surface area (Å²) < 4.78 is 5.70. The van der Waals surface area contributed by atoms with E-state index in [1.807, 2.05) is 0 Å². The first-order valence-electron chi connectivity index (χ1n) is 5.59. The average molecular weight is 214 g/mol. The SMILES string of the molecule is O=C(O)N[C@H]1CNC[C@@H]1C1CCCCO1. The highest BCUT2D eigenvalue weighted by molar-refractivity contribution is 5.65. The van der Waals surface area contributed by atoms with Crippen LogP contribution in [0, 0.1) is 5.92 Å². The molecule has 3 N–H and O–H groups in total. The van der Waals surface area contributed by atoms with Gasteiger partial charge in [0.15, 0.2) is 0 Å². The van der Waals surface area contributed by atoms with Gasteiger partial charge in [0.2, 0.25) is 0 Å². The summed E-state index contributed by atoms with van der Waals surface area (Å²) in [6.45, 7) is 2.40. The fraction of sp³-hybridized carbons (Fsp3) is 0.900. The molecule has 0 radical (unpaired) electrons. The monoisotopic (exact) mass is 214 g/mol.